The fraction of sp³-hybridized carbons (Fsp3) is 0.387. The smallest absolute Gasteiger partial charge is 0.250 e. The molecule has 3 aromatic carbocycles. The van der Waals surface area contributed by atoms with Crippen LogP contribution in [0.5, 0.6) is 0 Å². The van der Waals surface area contributed by atoms with Crippen LogP contribution in [-0.4, -0.2) is 58.6 Å². The highest BCUT2D eigenvalue weighted by Gasteiger charge is 2.74. The third-order valence-electron chi connectivity index (χ3n) is 8.47. The molecule has 3 aromatic rings. The number of nitrogens with zero attached hydrogens (tertiary/aromatic N) is 1. The van der Waals surface area contributed by atoms with E-state index in [0.717, 1.165) is 17.2 Å². The van der Waals surface area contributed by atoms with Gasteiger partial charge in [-0.15, -0.1) is 0 Å². The normalized spacial score (nSPS) is 27.1. The SMILES string of the molecule is O=C(Nc1ccc2ccccc2c1)C1N(CCCCCO)C(=O)[C@@H]2[C@@H](C(=O)Nc3ccccc3)[C@H]3CCC12O3. The molecule has 39 heavy (non-hydrogen) atoms. The quantitative estimate of drug-likeness (QED) is 0.365. The first-order valence-corrected chi connectivity index (χ1v) is 13.8. The predicted octanol–water partition coefficient (Wildman–Crippen LogP) is 3.95. The number of anilines is 2. The summed E-state index contributed by atoms with van der Waals surface area (Å²) >= 11 is 0. The number of rotatable bonds is 9. The number of unbranched alkanes of at least 4 members (excludes halogenated alkanes) is 2. The number of aliphatic hydroxyl groups is 1. The zero-order valence-corrected chi connectivity index (χ0v) is 21.7. The molecule has 8 heteroatoms. The molecule has 3 heterocycles. The summed E-state index contributed by atoms with van der Waals surface area (Å²) in [7, 11) is 0. The number of hydrogen-bond donors (Lipinski definition) is 3. The van der Waals surface area contributed by atoms with Gasteiger partial charge in [0.25, 0.3) is 0 Å². The number of carbonyl (C=O) groups is 3. The van der Waals surface area contributed by atoms with Gasteiger partial charge in [-0.3, -0.25) is 14.4 Å². The first-order valence-electron chi connectivity index (χ1n) is 13.8. The van der Waals surface area contributed by atoms with Crippen molar-refractivity contribution in [3.63, 3.8) is 0 Å². The highest BCUT2D eigenvalue weighted by molar-refractivity contribution is 6.05. The number of nitrogens with one attached hydrogen (secondary N) is 2. The molecular formula is C31H33N3O5. The maximum atomic E-state index is 14.0. The largest absolute Gasteiger partial charge is 0.396 e. The average molecular weight is 528 g/mol. The maximum absolute atomic E-state index is 14.0. The Balaban J connectivity index is 1.29. The van der Waals surface area contributed by atoms with Crippen molar-refractivity contribution >= 4 is 39.9 Å². The number of likely N-dealkylation sites (tertiary alicyclic amines) is 1. The van der Waals surface area contributed by atoms with Gasteiger partial charge in [-0.05, 0) is 67.1 Å². The Hall–Kier alpha value is -3.75. The van der Waals surface area contributed by atoms with Gasteiger partial charge in [-0.25, -0.2) is 0 Å². The minimum Gasteiger partial charge on any atom is -0.396 e. The van der Waals surface area contributed by atoms with E-state index in [-0.39, 0.29) is 24.3 Å². The average Bonchev–Trinajstić information content (AvgIpc) is 3.59. The van der Waals surface area contributed by atoms with E-state index >= 15 is 0 Å². The van der Waals surface area contributed by atoms with Crippen molar-refractivity contribution < 1.29 is 24.2 Å². The van der Waals surface area contributed by atoms with Crippen LogP contribution >= 0.6 is 0 Å². The van der Waals surface area contributed by atoms with Crippen LogP contribution in [0, 0.1) is 11.8 Å². The molecule has 5 atom stereocenters. The number of para-hydroxylation sites is 1. The summed E-state index contributed by atoms with van der Waals surface area (Å²) < 4.78 is 6.50. The topological polar surface area (TPSA) is 108 Å². The van der Waals surface area contributed by atoms with Crippen molar-refractivity contribution in [2.24, 2.45) is 11.8 Å². The van der Waals surface area contributed by atoms with Crippen molar-refractivity contribution in [1.82, 2.24) is 4.90 Å². The molecule has 202 valence electrons. The molecule has 3 N–H and O–H groups in total. The van der Waals surface area contributed by atoms with Crippen molar-refractivity contribution in [2.75, 3.05) is 23.8 Å². The Kier molecular flexibility index (Phi) is 6.83. The second-order valence-electron chi connectivity index (χ2n) is 10.8. The molecule has 8 nitrogen and oxygen atoms in total. The summed E-state index contributed by atoms with van der Waals surface area (Å²) in [5, 5.41) is 17.3. The highest BCUT2D eigenvalue weighted by Crippen LogP contribution is 2.58. The summed E-state index contributed by atoms with van der Waals surface area (Å²) in [5.41, 5.74) is 0.270. The molecule has 3 aliphatic rings. The zero-order chi connectivity index (χ0) is 27.0. The molecule has 0 aliphatic carbocycles. The Labute approximate surface area is 227 Å². The third kappa shape index (κ3) is 4.47. The van der Waals surface area contributed by atoms with Gasteiger partial charge in [-0.2, -0.15) is 0 Å². The second kappa shape index (κ2) is 10.4. The number of ether oxygens (including phenoxy) is 1. The summed E-state index contributed by atoms with van der Waals surface area (Å²) in [6.07, 6.45) is 2.78. The van der Waals surface area contributed by atoms with Crippen LogP contribution in [-0.2, 0) is 19.1 Å². The first-order chi connectivity index (χ1) is 19.0. The predicted molar refractivity (Wildman–Crippen MR) is 148 cm³/mol. The summed E-state index contributed by atoms with van der Waals surface area (Å²) in [6, 6.07) is 22.0. The van der Waals surface area contributed by atoms with Crippen LogP contribution in [0.1, 0.15) is 32.1 Å². The van der Waals surface area contributed by atoms with Gasteiger partial charge in [-0.1, -0.05) is 48.5 Å². The van der Waals surface area contributed by atoms with E-state index < -0.39 is 29.6 Å². The van der Waals surface area contributed by atoms with E-state index in [2.05, 4.69) is 10.6 Å². The molecule has 3 aliphatic heterocycles. The van der Waals surface area contributed by atoms with Crippen LogP contribution in [0.25, 0.3) is 10.8 Å². The highest BCUT2D eigenvalue weighted by atomic mass is 16.5. The molecule has 0 aromatic heterocycles. The standard InChI is InChI=1S/C31H33N3O5/c35-18-8-2-7-17-34-27(29(37)33-23-14-13-20-9-5-6-10-21(20)19-23)31-16-15-24(39-31)25(26(31)30(34)38)28(36)32-22-11-3-1-4-12-22/h1,3-6,9-14,19,24-27,35H,2,7-8,15-18H2,(H,32,36)(H,33,37)/t24-,25+,26+,27?,31?/m1/s1. The molecule has 3 fully saturated rings. The fourth-order valence-electron chi connectivity index (χ4n) is 6.79. The van der Waals surface area contributed by atoms with E-state index in [1.165, 1.54) is 0 Å². The van der Waals surface area contributed by atoms with Gasteiger partial charge in [0.1, 0.15) is 11.6 Å². The molecule has 3 saturated heterocycles. The summed E-state index contributed by atoms with van der Waals surface area (Å²) in [5.74, 6) is -2.13. The fourth-order valence-corrected chi connectivity index (χ4v) is 6.79. The Morgan fingerprint density at radius 2 is 1.64 bits per heavy atom. The summed E-state index contributed by atoms with van der Waals surface area (Å²) in [6.45, 7) is 0.451. The van der Waals surface area contributed by atoms with E-state index in [0.29, 0.717) is 43.6 Å². The number of hydrogen-bond acceptors (Lipinski definition) is 5. The van der Waals surface area contributed by atoms with Gasteiger partial charge in [0.2, 0.25) is 17.7 Å². The molecule has 0 radical (unpaired) electrons. The van der Waals surface area contributed by atoms with Crippen LogP contribution in [0.4, 0.5) is 11.4 Å². The lowest BCUT2D eigenvalue weighted by Crippen LogP contribution is -2.53. The van der Waals surface area contributed by atoms with Crippen molar-refractivity contribution in [1.29, 1.82) is 0 Å². The number of fused-ring (bicyclic) bond motifs is 2. The lowest BCUT2D eigenvalue weighted by atomic mass is 9.70. The zero-order valence-electron chi connectivity index (χ0n) is 21.7. The van der Waals surface area contributed by atoms with E-state index in [4.69, 9.17) is 4.74 Å². The molecular weight excluding hydrogens is 494 g/mol. The van der Waals surface area contributed by atoms with Gasteiger partial charge in [0, 0.05) is 24.5 Å². The lowest BCUT2D eigenvalue weighted by molar-refractivity contribution is -0.139. The minimum atomic E-state index is -1.04. The Bertz CT molecular complexity index is 1400. The Morgan fingerprint density at radius 3 is 2.44 bits per heavy atom. The summed E-state index contributed by atoms with van der Waals surface area (Å²) in [4.78, 5) is 43.1. The first kappa shape index (κ1) is 25.5. The van der Waals surface area contributed by atoms with Crippen LogP contribution < -0.4 is 10.6 Å². The van der Waals surface area contributed by atoms with Crippen LogP contribution in [0.2, 0.25) is 0 Å². The molecule has 2 bridgehead atoms. The van der Waals surface area contributed by atoms with Gasteiger partial charge < -0.3 is 25.4 Å². The molecule has 6 rings (SSSR count). The monoisotopic (exact) mass is 527 g/mol. The van der Waals surface area contributed by atoms with Crippen LogP contribution in [0.3, 0.4) is 0 Å². The number of aliphatic hydroxyl groups excluding tert-OH is 1. The third-order valence-corrected chi connectivity index (χ3v) is 8.47. The van der Waals surface area contributed by atoms with Crippen molar-refractivity contribution in [3.05, 3.63) is 72.8 Å². The number of benzene rings is 3. The number of carbonyl (C=O) groups excluding carboxylic acids is 3. The van der Waals surface area contributed by atoms with Crippen LogP contribution in [0.15, 0.2) is 72.8 Å². The van der Waals surface area contributed by atoms with Gasteiger partial charge >= 0.3 is 0 Å². The van der Waals surface area contributed by atoms with E-state index in [1.807, 2.05) is 72.8 Å². The number of amides is 3. The molecule has 3 amide bonds. The van der Waals surface area contributed by atoms with Gasteiger partial charge in [0.05, 0.1) is 17.9 Å². The maximum Gasteiger partial charge on any atom is 0.250 e. The minimum absolute atomic E-state index is 0.0823. The van der Waals surface area contributed by atoms with Crippen molar-refractivity contribution in [2.45, 2.75) is 49.9 Å². The second-order valence-corrected chi connectivity index (χ2v) is 10.8. The Morgan fingerprint density at radius 1 is 0.897 bits per heavy atom. The van der Waals surface area contributed by atoms with E-state index in [9.17, 15) is 19.5 Å². The molecule has 1 spiro atoms. The molecule has 0 saturated carbocycles. The van der Waals surface area contributed by atoms with E-state index in [1.54, 1.807) is 4.90 Å². The molecule has 2 unspecified atom stereocenters. The lowest BCUT2D eigenvalue weighted by Gasteiger charge is -2.33. The van der Waals surface area contributed by atoms with Gasteiger partial charge in [0.15, 0.2) is 0 Å². The van der Waals surface area contributed by atoms with Crippen molar-refractivity contribution in [3.8, 4) is 0 Å².